The van der Waals surface area contributed by atoms with Crippen LogP contribution in [0.1, 0.15) is 10.4 Å². The lowest BCUT2D eigenvalue weighted by Gasteiger charge is -2.06. The van der Waals surface area contributed by atoms with E-state index in [1.807, 2.05) is 36.4 Å². The lowest BCUT2D eigenvalue weighted by atomic mass is 10.2. The van der Waals surface area contributed by atoms with Gasteiger partial charge >= 0.3 is 0 Å². The zero-order valence-electron chi connectivity index (χ0n) is 11.6. The third kappa shape index (κ3) is 2.18. The van der Waals surface area contributed by atoms with Crippen molar-refractivity contribution >= 4 is 33.7 Å². The number of carbonyl (C=O) groups excluding carboxylic acids is 1. The van der Waals surface area contributed by atoms with Crippen molar-refractivity contribution in [1.29, 1.82) is 0 Å². The summed E-state index contributed by atoms with van der Waals surface area (Å²) in [6, 6.07) is 16.9. The van der Waals surface area contributed by atoms with Gasteiger partial charge in [0.1, 0.15) is 5.82 Å². The maximum Gasteiger partial charge on any atom is 0.256 e. The molecular formula is C17H12N4O. The quantitative estimate of drug-likeness (QED) is 0.594. The number of pyridine rings is 1. The SMILES string of the molecule is O=C(Nc1ccc2ccccc2n1)c1ccc2nc[nH]c2c1. The Kier molecular flexibility index (Phi) is 2.83. The molecule has 2 aromatic heterocycles. The Morgan fingerprint density at radius 3 is 2.86 bits per heavy atom. The Morgan fingerprint density at radius 1 is 1.00 bits per heavy atom. The van der Waals surface area contributed by atoms with Crippen LogP contribution < -0.4 is 5.32 Å². The van der Waals surface area contributed by atoms with Crippen molar-refractivity contribution in [2.24, 2.45) is 0 Å². The lowest BCUT2D eigenvalue weighted by Crippen LogP contribution is -2.12. The Morgan fingerprint density at radius 2 is 1.91 bits per heavy atom. The molecule has 0 radical (unpaired) electrons. The standard InChI is InChI=1S/C17H12N4O/c22-17(12-5-7-14-15(9-12)19-10-18-14)21-16-8-6-11-3-1-2-4-13(11)20-16/h1-10H,(H,18,19)(H,20,21,22). The van der Waals surface area contributed by atoms with Gasteiger partial charge in [-0.3, -0.25) is 4.79 Å². The molecule has 5 heteroatoms. The van der Waals surface area contributed by atoms with Gasteiger partial charge in [0.2, 0.25) is 0 Å². The molecule has 22 heavy (non-hydrogen) atoms. The van der Waals surface area contributed by atoms with Crippen molar-refractivity contribution in [3.8, 4) is 0 Å². The van der Waals surface area contributed by atoms with Crippen molar-refractivity contribution in [3.05, 3.63) is 66.5 Å². The molecule has 1 amide bonds. The third-order valence-corrected chi connectivity index (χ3v) is 3.52. The van der Waals surface area contributed by atoms with Gasteiger partial charge in [-0.2, -0.15) is 0 Å². The fraction of sp³-hybridized carbons (Fsp3) is 0. The van der Waals surface area contributed by atoms with Gasteiger partial charge in [-0.05, 0) is 36.4 Å². The number of anilines is 1. The van der Waals surface area contributed by atoms with Crippen molar-refractivity contribution < 1.29 is 4.79 Å². The molecule has 2 heterocycles. The van der Waals surface area contributed by atoms with E-state index in [1.165, 1.54) is 0 Å². The predicted molar refractivity (Wildman–Crippen MR) is 85.8 cm³/mol. The highest BCUT2D eigenvalue weighted by atomic mass is 16.1. The van der Waals surface area contributed by atoms with Crippen molar-refractivity contribution in [3.63, 3.8) is 0 Å². The number of carbonyl (C=O) groups is 1. The molecule has 0 atom stereocenters. The van der Waals surface area contributed by atoms with E-state index < -0.39 is 0 Å². The predicted octanol–water partition coefficient (Wildman–Crippen LogP) is 3.36. The first kappa shape index (κ1) is 12.5. The van der Waals surface area contributed by atoms with Crippen molar-refractivity contribution in [1.82, 2.24) is 15.0 Å². The summed E-state index contributed by atoms with van der Waals surface area (Å²) in [5, 5.41) is 3.86. The number of benzene rings is 2. The maximum atomic E-state index is 12.3. The second-order valence-electron chi connectivity index (χ2n) is 4.98. The molecule has 2 aromatic carbocycles. The second-order valence-corrected chi connectivity index (χ2v) is 4.98. The molecule has 0 saturated carbocycles. The zero-order chi connectivity index (χ0) is 14.9. The minimum Gasteiger partial charge on any atom is -0.345 e. The van der Waals surface area contributed by atoms with Gasteiger partial charge < -0.3 is 10.3 Å². The number of amides is 1. The molecule has 0 bridgehead atoms. The third-order valence-electron chi connectivity index (χ3n) is 3.52. The number of imidazole rings is 1. The van der Waals surface area contributed by atoms with Gasteiger partial charge in [-0.15, -0.1) is 0 Å². The van der Waals surface area contributed by atoms with Crippen LogP contribution in [0.4, 0.5) is 5.82 Å². The minimum absolute atomic E-state index is 0.195. The first-order valence-corrected chi connectivity index (χ1v) is 6.90. The summed E-state index contributed by atoms with van der Waals surface area (Å²) < 4.78 is 0. The van der Waals surface area contributed by atoms with E-state index in [2.05, 4.69) is 20.3 Å². The Balaban J connectivity index is 1.64. The van der Waals surface area contributed by atoms with Gasteiger partial charge in [0, 0.05) is 10.9 Å². The number of aromatic amines is 1. The molecule has 106 valence electrons. The van der Waals surface area contributed by atoms with Crippen molar-refractivity contribution in [2.45, 2.75) is 0 Å². The minimum atomic E-state index is -0.195. The molecule has 0 aliphatic carbocycles. The average molecular weight is 288 g/mol. The summed E-state index contributed by atoms with van der Waals surface area (Å²) in [5.41, 5.74) is 3.08. The van der Waals surface area contributed by atoms with Gasteiger partial charge in [-0.1, -0.05) is 18.2 Å². The Bertz CT molecular complexity index is 990. The smallest absolute Gasteiger partial charge is 0.256 e. The fourth-order valence-corrected chi connectivity index (χ4v) is 2.40. The molecule has 0 aliphatic heterocycles. The number of rotatable bonds is 2. The molecule has 0 fully saturated rings. The summed E-state index contributed by atoms with van der Waals surface area (Å²) in [6.07, 6.45) is 1.61. The average Bonchev–Trinajstić information content (AvgIpc) is 3.02. The highest BCUT2D eigenvalue weighted by Crippen LogP contribution is 2.16. The largest absolute Gasteiger partial charge is 0.345 e. The lowest BCUT2D eigenvalue weighted by molar-refractivity contribution is 0.102. The van der Waals surface area contributed by atoms with Gasteiger partial charge in [0.05, 0.1) is 22.9 Å². The molecular weight excluding hydrogens is 276 g/mol. The van der Waals surface area contributed by atoms with Crippen LogP contribution in [0.25, 0.3) is 21.9 Å². The maximum absolute atomic E-state index is 12.3. The van der Waals surface area contributed by atoms with Crippen LogP contribution in [0.5, 0.6) is 0 Å². The summed E-state index contributed by atoms with van der Waals surface area (Å²) in [4.78, 5) is 23.9. The Hall–Kier alpha value is -3.21. The highest BCUT2D eigenvalue weighted by molar-refractivity contribution is 6.05. The summed E-state index contributed by atoms with van der Waals surface area (Å²) in [6.45, 7) is 0. The van der Waals surface area contributed by atoms with E-state index in [-0.39, 0.29) is 5.91 Å². The second kappa shape index (κ2) is 4.96. The number of para-hydroxylation sites is 1. The number of H-pyrrole nitrogens is 1. The van der Waals surface area contributed by atoms with E-state index in [1.54, 1.807) is 24.5 Å². The molecule has 4 aromatic rings. The van der Waals surface area contributed by atoms with Crippen LogP contribution in [-0.2, 0) is 0 Å². The van der Waals surface area contributed by atoms with Gasteiger partial charge in [0.25, 0.3) is 5.91 Å². The van der Waals surface area contributed by atoms with Crippen LogP contribution in [0.3, 0.4) is 0 Å². The number of nitrogens with one attached hydrogen (secondary N) is 2. The van der Waals surface area contributed by atoms with Crippen LogP contribution in [0.2, 0.25) is 0 Å². The van der Waals surface area contributed by atoms with Crippen LogP contribution >= 0.6 is 0 Å². The highest BCUT2D eigenvalue weighted by Gasteiger charge is 2.09. The Labute approximate surface area is 126 Å². The zero-order valence-corrected chi connectivity index (χ0v) is 11.6. The van der Waals surface area contributed by atoms with E-state index in [4.69, 9.17) is 0 Å². The molecule has 0 aliphatic rings. The number of aromatic nitrogens is 3. The van der Waals surface area contributed by atoms with E-state index >= 15 is 0 Å². The number of hydrogen-bond acceptors (Lipinski definition) is 3. The number of fused-ring (bicyclic) bond motifs is 2. The first-order chi connectivity index (χ1) is 10.8. The van der Waals surface area contributed by atoms with Gasteiger partial charge in [-0.25, -0.2) is 9.97 Å². The molecule has 0 saturated heterocycles. The summed E-state index contributed by atoms with van der Waals surface area (Å²) >= 11 is 0. The van der Waals surface area contributed by atoms with E-state index in [9.17, 15) is 4.79 Å². The molecule has 2 N–H and O–H groups in total. The molecule has 4 rings (SSSR count). The topological polar surface area (TPSA) is 70.7 Å². The normalized spacial score (nSPS) is 10.9. The number of nitrogens with zero attached hydrogens (tertiary/aromatic N) is 2. The van der Waals surface area contributed by atoms with Crippen LogP contribution in [0.15, 0.2) is 60.9 Å². The van der Waals surface area contributed by atoms with Crippen LogP contribution in [-0.4, -0.2) is 20.9 Å². The van der Waals surface area contributed by atoms with Crippen molar-refractivity contribution in [2.75, 3.05) is 5.32 Å². The monoisotopic (exact) mass is 288 g/mol. The summed E-state index contributed by atoms with van der Waals surface area (Å²) in [5.74, 6) is 0.340. The van der Waals surface area contributed by atoms with E-state index in [0.29, 0.717) is 11.4 Å². The van der Waals surface area contributed by atoms with Crippen LogP contribution in [0, 0.1) is 0 Å². The number of hydrogen-bond donors (Lipinski definition) is 2. The van der Waals surface area contributed by atoms with E-state index in [0.717, 1.165) is 21.9 Å². The van der Waals surface area contributed by atoms with Gasteiger partial charge in [0.15, 0.2) is 0 Å². The molecule has 0 spiro atoms. The fourth-order valence-electron chi connectivity index (χ4n) is 2.40. The molecule has 0 unspecified atom stereocenters. The first-order valence-electron chi connectivity index (χ1n) is 6.90. The molecule has 5 nitrogen and oxygen atoms in total. The summed E-state index contributed by atoms with van der Waals surface area (Å²) in [7, 11) is 0.